The van der Waals surface area contributed by atoms with Crippen LogP contribution < -0.4 is 0 Å². The second-order valence-corrected chi connectivity index (χ2v) is 4.24. The van der Waals surface area contributed by atoms with Gasteiger partial charge in [0.05, 0.1) is 11.3 Å². The minimum absolute atomic E-state index is 0.0302. The van der Waals surface area contributed by atoms with Crippen LogP contribution in [0.2, 0.25) is 10.2 Å². The normalized spacial score (nSPS) is 10.2. The first-order valence-electron chi connectivity index (χ1n) is 4.74. The number of halogens is 4. The zero-order valence-corrected chi connectivity index (χ0v) is 10.2. The van der Waals surface area contributed by atoms with Gasteiger partial charge < -0.3 is 0 Å². The summed E-state index contributed by atoms with van der Waals surface area (Å²) in [5.74, 6) is -1.76. The molecule has 0 saturated heterocycles. The molecule has 0 radical (unpaired) electrons. The fraction of sp³-hybridized carbons (Fsp3) is 0. The smallest absolute Gasteiger partial charge is 0.143 e. The van der Waals surface area contributed by atoms with Crippen LogP contribution in [0.15, 0.2) is 24.3 Å². The number of pyridine rings is 1. The van der Waals surface area contributed by atoms with E-state index in [1.54, 1.807) is 6.07 Å². The third-order valence-electron chi connectivity index (χ3n) is 2.21. The van der Waals surface area contributed by atoms with Crippen molar-refractivity contribution in [2.75, 3.05) is 0 Å². The van der Waals surface area contributed by atoms with Crippen molar-refractivity contribution < 1.29 is 8.78 Å². The van der Waals surface area contributed by atoms with Gasteiger partial charge in [0.25, 0.3) is 0 Å². The zero-order chi connectivity index (χ0) is 13.3. The molecule has 1 aromatic carbocycles. The van der Waals surface area contributed by atoms with E-state index in [9.17, 15) is 8.78 Å². The molecule has 0 N–H and O–H groups in total. The minimum atomic E-state index is -0.924. The molecule has 18 heavy (non-hydrogen) atoms. The SMILES string of the molecule is N#Cc1cc(-c2cc(Cl)cc(Cl)n2)c(F)cc1F. The number of rotatable bonds is 1. The maximum Gasteiger partial charge on any atom is 0.143 e. The third-order valence-corrected chi connectivity index (χ3v) is 2.62. The quantitative estimate of drug-likeness (QED) is 0.736. The molecule has 0 spiro atoms. The lowest BCUT2D eigenvalue weighted by molar-refractivity contribution is 0.583. The predicted octanol–water partition coefficient (Wildman–Crippen LogP) is 4.21. The molecule has 90 valence electrons. The monoisotopic (exact) mass is 284 g/mol. The van der Waals surface area contributed by atoms with Crippen molar-refractivity contribution in [3.05, 3.63) is 51.6 Å². The summed E-state index contributed by atoms with van der Waals surface area (Å²) in [6.07, 6.45) is 0. The highest BCUT2D eigenvalue weighted by molar-refractivity contribution is 6.34. The minimum Gasteiger partial charge on any atom is -0.236 e. The maximum atomic E-state index is 13.6. The second kappa shape index (κ2) is 4.89. The van der Waals surface area contributed by atoms with Gasteiger partial charge in [0.15, 0.2) is 0 Å². The standard InChI is InChI=1S/C12H4Cl2F2N2/c13-7-2-11(18-12(14)3-7)8-1-6(5-17)9(15)4-10(8)16/h1-4H. The molecule has 2 aromatic rings. The molecule has 1 heterocycles. The number of aromatic nitrogens is 1. The van der Waals surface area contributed by atoms with E-state index in [4.69, 9.17) is 28.5 Å². The van der Waals surface area contributed by atoms with E-state index < -0.39 is 11.6 Å². The Labute approximate surface area is 111 Å². The number of benzene rings is 1. The lowest BCUT2D eigenvalue weighted by atomic mass is 10.1. The Balaban J connectivity index is 2.67. The van der Waals surface area contributed by atoms with E-state index in [0.29, 0.717) is 6.07 Å². The summed E-state index contributed by atoms with van der Waals surface area (Å²) in [6.45, 7) is 0. The van der Waals surface area contributed by atoms with Crippen LogP contribution in [0, 0.1) is 23.0 Å². The molecule has 1 aromatic heterocycles. The van der Waals surface area contributed by atoms with Crippen molar-refractivity contribution in [1.82, 2.24) is 4.98 Å². The van der Waals surface area contributed by atoms with E-state index in [1.165, 1.54) is 12.1 Å². The summed E-state index contributed by atoms with van der Waals surface area (Å²) in [6, 6.07) is 6.09. The molecule has 0 aliphatic carbocycles. The lowest BCUT2D eigenvalue weighted by Gasteiger charge is -2.05. The first-order chi connectivity index (χ1) is 8.51. The Kier molecular flexibility index (Phi) is 3.46. The van der Waals surface area contributed by atoms with Crippen LogP contribution >= 0.6 is 23.2 Å². The summed E-state index contributed by atoms with van der Waals surface area (Å²) in [4.78, 5) is 3.88. The van der Waals surface area contributed by atoms with E-state index in [-0.39, 0.29) is 27.0 Å². The summed E-state index contributed by atoms with van der Waals surface area (Å²) in [7, 11) is 0. The highest BCUT2D eigenvalue weighted by Crippen LogP contribution is 2.27. The van der Waals surface area contributed by atoms with Crippen molar-refractivity contribution in [3.63, 3.8) is 0 Å². The van der Waals surface area contributed by atoms with E-state index in [1.807, 2.05) is 0 Å². The van der Waals surface area contributed by atoms with Gasteiger partial charge >= 0.3 is 0 Å². The van der Waals surface area contributed by atoms with E-state index in [2.05, 4.69) is 4.98 Å². The average Bonchev–Trinajstić information content (AvgIpc) is 2.27. The Morgan fingerprint density at radius 2 is 1.78 bits per heavy atom. The largest absolute Gasteiger partial charge is 0.236 e. The molecule has 2 rings (SSSR count). The number of hydrogen-bond donors (Lipinski definition) is 0. The summed E-state index contributed by atoms with van der Waals surface area (Å²) in [5, 5.41) is 9.06. The average molecular weight is 285 g/mol. The van der Waals surface area contributed by atoms with Crippen molar-refractivity contribution in [1.29, 1.82) is 5.26 Å². The Bertz CT molecular complexity index is 646. The van der Waals surface area contributed by atoms with Gasteiger partial charge in [-0.2, -0.15) is 5.26 Å². The highest BCUT2D eigenvalue weighted by atomic mass is 35.5. The van der Waals surface area contributed by atoms with E-state index in [0.717, 1.165) is 6.07 Å². The Morgan fingerprint density at radius 3 is 2.39 bits per heavy atom. The lowest BCUT2D eigenvalue weighted by Crippen LogP contribution is -1.93. The number of nitrogens with zero attached hydrogens (tertiary/aromatic N) is 2. The molecule has 0 bridgehead atoms. The fourth-order valence-electron chi connectivity index (χ4n) is 1.43. The van der Waals surface area contributed by atoms with Crippen LogP contribution in [0.4, 0.5) is 8.78 Å². The number of nitriles is 1. The molecule has 0 fully saturated rings. The first kappa shape index (κ1) is 12.7. The number of hydrogen-bond acceptors (Lipinski definition) is 2. The van der Waals surface area contributed by atoms with Crippen LogP contribution in [0.3, 0.4) is 0 Å². The molecular formula is C12H4Cl2F2N2. The van der Waals surface area contributed by atoms with Crippen molar-refractivity contribution >= 4 is 23.2 Å². The van der Waals surface area contributed by atoms with Gasteiger partial charge in [0.1, 0.15) is 22.9 Å². The molecule has 0 unspecified atom stereocenters. The first-order valence-corrected chi connectivity index (χ1v) is 5.49. The maximum absolute atomic E-state index is 13.6. The van der Waals surface area contributed by atoms with Crippen LogP contribution in [0.5, 0.6) is 0 Å². The van der Waals surface area contributed by atoms with Crippen LogP contribution in [-0.2, 0) is 0 Å². The van der Waals surface area contributed by atoms with Crippen molar-refractivity contribution in [3.8, 4) is 17.3 Å². The Hall–Kier alpha value is -1.70. The molecule has 0 saturated carbocycles. The summed E-state index contributed by atoms with van der Waals surface area (Å²) >= 11 is 11.5. The van der Waals surface area contributed by atoms with Gasteiger partial charge in [-0.1, -0.05) is 23.2 Å². The molecule has 2 nitrogen and oxygen atoms in total. The highest BCUT2D eigenvalue weighted by Gasteiger charge is 2.13. The summed E-state index contributed by atoms with van der Waals surface area (Å²) < 4.78 is 26.8. The van der Waals surface area contributed by atoms with Crippen molar-refractivity contribution in [2.45, 2.75) is 0 Å². The van der Waals surface area contributed by atoms with Crippen LogP contribution in [0.25, 0.3) is 11.3 Å². The molecular weight excluding hydrogens is 281 g/mol. The molecule has 0 amide bonds. The van der Waals surface area contributed by atoms with Crippen LogP contribution in [0.1, 0.15) is 5.56 Å². The second-order valence-electron chi connectivity index (χ2n) is 3.42. The zero-order valence-electron chi connectivity index (χ0n) is 8.72. The predicted molar refractivity (Wildman–Crippen MR) is 64.3 cm³/mol. The van der Waals surface area contributed by atoms with Gasteiger partial charge in [0.2, 0.25) is 0 Å². The van der Waals surface area contributed by atoms with Gasteiger partial charge in [-0.25, -0.2) is 13.8 Å². The molecule has 0 aliphatic rings. The summed E-state index contributed by atoms with van der Waals surface area (Å²) in [5.41, 5.74) is -0.164. The van der Waals surface area contributed by atoms with Gasteiger partial charge in [0, 0.05) is 16.7 Å². The molecule has 0 aliphatic heterocycles. The van der Waals surface area contributed by atoms with Crippen LogP contribution in [-0.4, -0.2) is 4.98 Å². The van der Waals surface area contributed by atoms with Crippen molar-refractivity contribution in [2.24, 2.45) is 0 Å². The third kappa shape index (κ3) is 2.42. The topological polar surface area (TPSA) is 36.7 Å². The Morgan fingerprint density at radius 1 is 1.06 bits per heavy atom. The molecule has 6 heteroatoms. The molecule has 0 atom stereocenters. The van der Waals surface area contributed by atoms with E-state index >= 15 is 0 Å². The van der Waals surface area contributed by atoms with Gasteiger partial charge in [-0.15, -0.1) is 0 Å². The van der Waals surface area contributed by atoms with Gasteiger partial charge in [-0.3, -0.25) is 0 Å². The fourth-order valence-corrected chi connectivity index (χ4v) is 1.91. The van der Waals surface area contributed by atoms with Gasteiger partial charge in [-0.05, 0) is 18.2 Å².